The number of nitrogens with zero attached hydrogens (tertiary/aromatic N) is 1. The normalized spacial score (nSPS) is 26.9. The molecule has 0 bridgehead atoms. The first-order valence-electron chi connectivity index (χ1n) is 7.93. The lowest BCUT2D eigenvalue weighted by atomic mass is 9.45. The van der Waals surface area contributed by atoms with Crippen molar-refractivity contribution >= 4 is 31.4 Å². The minimum Gasteiger partial charge on any atom is -0.348 e. The first-order valence-corrected chi connectivity index (χ1v) is 7.93. The largest absolute Gasteiger partial charge is 0.348 e. The van der Waals surface area contributed by atoms with Crippen LogP contribution in [-0.2, 0) is 16.0 Å². The molecule has 3 rings (SSSR count). The van der Waals surface area contributed by atoms with Crippen molar-refractivity contribution in [2.24, 2.45) is 0 Å². The lowest BCUT2D eigenvalue weighted by Gasteiger charge is -2.58. The quantitative estimate of drug-likeness (QED) is 0.578. The van der Waals surface area contributed by atoms with E-state index in [2.05, 4.69) is 66.6 Å². The number of likely N-dealkylation sites (tertiary alicyclic amines) is 1. The molecular weight excluding hydrogens is 257 g/mol. The van der Waals surface area contributed by atoms with Crippen LogP contribution in [-0.4, -0.2) is 66.0 Å². The minimum atomic E-state index is -0.375. The Morgan fingerprint density at radius 1 is 0.905 bits per heavy atom. The Kier molecular flexibility index (Phi) is 3.79. The Bertz CT molecular complexity index is 483. The van der Waals surface area contributed by atoms with E-state index in [0.717, 1.165) is 32.6 Å². The van der Waals surface area contributed by atoms with Crippen LogP contribution in [0.2, 0.25) is 0 Å². The van der Waals surface area contributed by atoms with Gasteiger partial charge in [-0.25, -0.2) is 0 Å². The molecule has 2 aliphatic rings. The Morgan fingerprint density at radius 2 is 1.43 bits per heavy atom. The highest BCUT2D eigenvalue weighted by Gasteiger charge is 2.54. The lowest BCUT2D eigenvalue weighted by Crippen LogP contribution is -2.70. The monoisotopic (exact) mass is 281 g/mol. The predicted octanol–water partition coefficient (Wildman–Crippen LogP) is -2.13. The summed E-state index contributed by atoms with van der Waals surface area (Å²) in [6.45, 7) is 2.42. The second kappa shape index (κ2) is 5.22. The number of hydrogen-bond acceptors (Lipinski definition) is 3. The third-order valence-corrected chi connectivity index (χ3v) is 4.86. The number of hydrogen-bond donors (Lipinski definition) is 0. The van der Waals surface area contributed by atoms with Gasteiger partial charge in [0.25, 0.3) is 0 Å². The maximum atomic E-state index is 6.00. The highest BCUT2D eigenvalue weighted by molar-refractivity contribution is 6.44. The molecular formula is C14H23B4NO2. The molecule has 3 nitrogen and oxygen atoms in total. The fourth-order valence-corrected chi connectivity index (χ4v) is 4.29. The maximum absolute atomic E-state index is 6.00. The summed E-state index contributed by atoms with van der Waals surface area (Å²) in [7, 11) is 9.24. The van der Waals surface area contributed by atoms with Crippen LogP contribution in [0, 0.1) is 0 Å². The van der Waals surface area contributed by atoms with E-state index < -0.39 is 0 Å². The molecule has 0 saturated carbocycles. The van der Waals surface area contributed by atoms with Crippen LogP contribution in [0.25, 0.3) is 0 Å². The third-order valence-electron chi connectivity index (χ3n) is 4.86. The van der Waals surface area contributed by atoms with E-state index in [9.17, 15) is 0 Å². The SMILES string of the molecule is BC1(B)CC2(CC(B)(B)N1Cc1ccccc1)OCCO2. The van der Waals surface area contributed by atoms with E-state index in [1.54, 1.807) is 0 Å². The highest BCUT2D eigenvalue weighted by atomic mass is 16.7. The van der Waals surface area contributed by atoms with Crippen molar-refractivity contribution in [1.82, 2.24) is 4.90 Å². The zero-order valence-corrected chi connectivity index (χ0v) is 13.7. The van der Waals surface area contributed by atoms with Crippen molar-refractivity contribution in [2.75, 3.05) is 13.2 Å². The summed E-state index contributed by atoms with van der Waals surface area (Å²) in [5.41, 5.74) is 1.36. The Balaban J connectivity index is 1.86. The van der Waals surface area contributed by atoms with Gasteiger partial charge in [-0.15, -0.1) is 0 Å². The van der Waals surface area contributed by atoms with Gasteiger partial charge in [-0.2, -0.15) is 0 Å². The molecule has 2 fully saturated rings. The zero-order chi connectivity index (χ0) is 15.1. The van der Waals surface area contributed by atoms with E-state index >= 15 is 0 Å². The molecule has 1 aromatic rings. The smallest absolute Gasteiger partial charge is 0.169 e. The number of benzene rings is 1. The van der Waals surface area contributed by atoms with Crippen LogP contribution in [0.3, 0.4) is 0 Å². The topological polar surface area (TPSA) is 21.7 Å². The van der Waals surface area contributed by atoms with E-state index in [-0.39, 0.29) is 16.5 Å². The first kappa shape index (κ1) is 15.3. The third kappa shape index (κ3) is 2.96. The summed E-state index contributed by atoms with van der Waals surface area (Å²) in [6.07, 6.45) is 1.85. The van der Waals surface area contributed by atoms with Gasteiger partial charge in [0, 0.05) is 19.4 Å². The fourth-order valence-electron chi connectivity index (χ4n) is 4.29. The summed E-state index contributed by atoms with van der Waals surface area (Å²) in [5, 5.41) is 0.0872. The molecule has 0 amide bonds. The molecule has 1 aromatic carbocycles. The van der Waals surface area contributed by atoms with E-state index in [4.69, 9.17) is 9.47 Å². The molecule has 21 heavy (non-hydrogen) atoms. The van der Waals surface area contributed by atoms with E-state index in [1.165, 1.54) is 5.56 Å². The van der Waals surface area contributed by atoms with Gasteiger partial charge >= 0.3 is 0 Å². The van der Waals surface area contributed by atoms with Crippen LogP contribution in [0.4, 0.5) is 0 Å². The number of ether oxygens (including phenoxy) is 2. The molecule has 2 saturated heterocycles. The maximum Gasteiger partial charge on any atom is 0.169 e. The van der Waals surface area contributed by atoms with E-state index in [0.29, 0.717) is 0 Å². The average molecular weight is 281 g/mol. The summed E-state index contributed by atoms with van der Waals surface area (Å²) in [5.74, 6) is -0.375. The number of piperidine rings is 1. The molecule has 0 radical (unpaired) electrons. The molecule has 0 aliphatic carbocycles. The molecule has 2 aliphatic heterocycles. The van der Waals surface area contributed by atoms with Gasteiger partial charge in [0.05, 0.1) is 13.2 Å². The second-order valence-corrected chi connectivity index (χ2v) is 7.66. The van der Waals surface area contributed by atoms with Crippen LogP contribution < -0.4 is 0 Å². The van der Waals surface area contributed by atoms with Crippen molar-refractivity contribution < 1.29 is 9.47 Å². The molecule has 0 N–H and O–H groups in total. The molecule has 7 heteroatoms. The average Bonchev–Trinajstić information content (AvgIpc) is 2.81. The van der Waals surface area contributed by atoms with Gasteiger partial charge in [0.2, 0.25) is 0 Å². The standard InChI is InChI=1S/C14H23B4NO2/c15-13(16)9-12(20-6-7-21-12)10-14(17,18)19(13)8-11-4-2-1-3-5-11/h1-5H,6-10,15-18H2. The summed E-state index contributed by atoms with van der Waals surface area (Å²) < 4.78 is 12.0. The summed E-state index contributed by atoms with van der Waals surface area (Å²) >= 11 is 0. The Labute approximate surface area is 131 Å². The van der Waals surface area contributed by atoms with E-state index in [1.807, 2.05) is 0 Å². The minimum absolute atomic E-state index is 0.0436. The Hall–Kier alpha value is -0.640. The molecule has 0 aromatic heterocycles. The van der Waals surface area contributed by atoms with Crippen LogP contribution in [0.1, 0.15) is 18.4 Å². The van der Waals surface area contributed by atoms with Gasteiger partial charge in [0.1, 0.15) is 31.4 Å². The molecule has 0 unspecified atom stereocenters. The van der Waals surface area contributed by atoms with Gasteiger partial charge in [-0.05, 0) is 16.2 Å². The van der Waals surface area contributed by atoms with Crippen LogP contribution in [0.15, 0.2) is 30.3 Å². The van der Waals surface area contributed by atoms with Crippen molar-refractivity contribution in [2.45, 2.75) is 35.8 Å². The molecule has 0 atom stereocenters. The predicted molar refractivity (Wildman–Crippen MR) is 95.5 cm³/mol. The van der Waals surface area contributed by atoms with Gasteiger partial charge < -0.3 is 14.4 Å². The summed E-state index contributed by atoms with van der Waals surface area (Å²) in [4.78, 5) is 2.60. The van der Waals surface area contributed by atoms with Crippen molar-refractivity contribution in [1.29, 1.82) is 0 Å². The second-order valence-electron chi connectivity index (χ2n) is 7.66. The molecule has 2 heterocycles. The fraction of sp³-hybridized carbons (Fsp3) is 0.571. The Morgan fingerprint density at radius 3 is 1.95 bits per heavy atom. The lowest BCUT2D eigenvalue weighted by molar-refractivity contribution is -0.204. The first-order chi connectivity index (χ1) is 9.83. The van der Waals surface area contributed by atoms with Gasteiger partial charge in [-0.3, -0.25) is 0 Å². The molecule has 108 valence electrons. The van der Waals surface area contributed by atoms with Crippen molar-refractivity contribution in [3.63, 3.8) is 0 Å². The zero-order valence-electron chi connectivity index (χ0n) is 13.7. The van der Waals surface area contributed by atoms with Gasteiger partial charge in [0.15, 0.2) is 5.79 Å². The van der Waals surface area contributed by atoms with Crippen LogP contribution >= 0.6 is 0 Å². The van der Waals surface area contributed by atoms with Crippen molar-refractivity contribution in [3.8, 4) is 0 Å². The summed E-state index contributed by atoms with van der Waals surface area (Å²) in [6, 6.07) is 10.7. The number of rotatable bonds is 2. The van der Waals surface area contributed by atoms with Gasteiger partial charge in [-0.1, -0.05) is 30.3 Å². The highest BCUT2D eigenvalue weighted by Crippen LogP contribution is 2.43. The molecule has 1 spiro atoms. The van der Waals surface area contributed by atoms with Crippen molar-refractivity contribution in [3.05, 3.63) is 35.9 Å². The van der Waals surface area contributed by atoms with Crippen LogP contribution in [0.5, 0.6) is 0 Å².